The molecule has 1 atom stereocenters. The Morgan fingerprint density at radius 3 is 2.61 bits per heavy atom. The number of aromatic nitrogens is 4. The Morgan fingerprint density at radius 2 is 1.83 bits per heavy atom. The van der Waals surface area contributed by atoms with Crippen LogP contribution >= 0.6 is 0 Å². The highest BCUT2D eigenvalue weighted by Gasteiger charge is 2.29. The van der Waals surface area contributed by atoms with Crippen molar-refractivity contribution in [3.05, 3.63) is 98.5 Å². The second-order valence-electron chi connectivity index (χ2n) is 9.11. The number of rotatable bonds is 8. The molecule has 9 nitrogen and oxygen atoms in total. The molecule has 0 aliphatic heterocycles. The molecule has 2 aromatic carbocycles. The van der Waals surface area contributed by atoms with Crippen LogP contribution in [0.5, 0.6) is 0 Å². The molecule has 1 aliphatic rings. The maximum atomic E-state index is 13.6. The molecule has 0 radical (unpaired) electrons. The zero-order valence-corrected chi connectivity index (χ0v) is 20.5. The quantitative estimate of drug-likeness (QED) is 0.380. The van der Waals surface area contributed by atoms with Crippen LogP contribution in [0, 0.1) is 0 Å². The number of fused-ring (bicyclic) bond motifs is 2. The molecule has 9 heteroatoms. The highest BCUT2D eigenvalue weighted by atomic mass is 16.5. The number of aryl methyl sites for hydroxylation is 1. The van der Waals surface area contributed by atoms with Crippen LogP contribution in [0.4, 0.5) is 0 Å². The average Bonchev–Trinajstić information content (AvgIpc) is 3.52. The van der Waals surface area contributed by atoms with Crippen LogP contribution in [0.1, 0.15) is 29.2 Å². The monoisotopic (exact) mass is 487 g/mol. The van der Waals surface area contributed by atoms with Crippen LogP contribution in [0.3, 0.4) is 0 Å². The largest absolute Gasteiger partial charge is 0.383 e. The summed E-state index contributed by atoms with van der Waals surface area (Å²) < 4.78 is 9.36. The summed E-state index contributed by atoms with van der Waals surface area (Å²) in [6.07, 6.45) is 3.25. The van der Waals surface area contributed by atoms with Crippen molar-refractivity contribution in [1.29, 1.82) is 0 Å². The van der Waals surface area contributed by atoms with E-state index in [1.54, 1.807) is 30.0 Å². The van der Waals surface area contributed by atoms with Gasteiger partial charge in [0.1, 0.15) is 6.54 Å². The Labute approximate surface area is 208 Å². The first-order valence-electron chi connectivity index (χ1n) is 12.0. The Kier molecular flexibility index (Phi) is 6.56. The van der Waals surface area contributed by atoms with Crippen LogP contribution in [0.25, 0.3) is 11.2 Å². The van der Waals surface area contributed by atoms with Crippen molar-refractivity contribution in [1.82, 2.24) is 23.6 Å². The fraction of sp³-hybridized carbons (Fsp3) is 0.333. The lowest BCUT2D eigenvalue weighted by Crippen LogP contribution is -2.45. The van der Waals surface area contributed by atoms with E-state index in [1.807, 2.05) is 48.5 Å². The first-order valence-corrected chi connectivity index (χ1v) is 12.0. The number of carbonyl (C=O) groups excluding carboxylic acids is 1. The third-order valence-corrected chi connectivity index (χ3v) is 6.96. The van der Waals surface area contributed by atoms with E-state index in [4.69, 9.17) is 4.74 Å². The first-order chi connectivity index (χ1) is 17.5. The SMILES string of the molecule is COCCn1cnc2c1c(=O)n(CC(=O)N(C)C1CCc3ccccc31)c(=O)n2Cc1ccccc1. The van der Waals surface area contributed by atoms with Crippen molar-refractivity contribution in [2.75, 3.05) is 20.8 Å². The van der Waals surface area contributed by atoms with E-state index in [-0.39, 0.29) is 30.6 Å². The zero-order chi connectivity index (χ0) is 25.2. The summed E-state index contributed by atoms with van der Waals surface area (Å²) in [5.41, 5.74) is 2.74. The molecule has 1 unspecified atom stereocenters. The molecule has 2 aromatic heterocycles. The van der Waals surface area contributed by atoms with Gasteiger partial charge in [-0.25, -0.2) is 14.3 Å². The third-order valence-electron chi connectivity index (χ3n) is 6.96. The van der Waals surface area contributed by atoms with Gasteiger partial charge in [0.2, 0.25) is 5.91 Å². The number of hydrogen-bond acceptors (Lipinski definition) is 5. The van der Waals surface area contributed by atoms with Gasteiger partial charge in [-0.2, -0.15) is 0 Å². The Balaban J connectivity index is 1.55. The van der Waals surface area contributed by atoms with Gasteiger partial charge in [0.05, 0.1) is 25.5 Å². The van der Waals surface area contributed by atoms with E-state index in [0.29, 0.717) is 18.8 Å². The summed E-state index contributed by atoms with van der Waals surface area (Å²) in [6.45, 7) is 0.675. The minimum Gasteiger partial charge on any atom is -0.383 e. The molecule has 4 aromatic rings. The second kappa shape index (κ2) is 9.94. The molecule has 5 rings (SSSR count). The van der Waals surface area contributed by atoms with E-state index in [9.17, 15) is 14.4 Å². The van der Waals surface area contributed by atoms with Gasteiger partial charge in [0.25, 0.3) is 5.56 Å². The minimum atomic E-state index is -0.554. The van der Waals surface area contributed by atoms with Crippen LogP contribution in [0.2, 0.25) is 0 Å². The second-order valence-corrected chi connectivity index (χ2v) is 9.11. The summed E-state index contributed by atoms with van der Waals surface area (Å²) in [5, 5.41) is 0. The molecule has 0 fully saturated rings. The van der Waals surface area contributed by atoms with Crippen molar-refractivity contribution >= 4 is 17.1 Å². The number of hydrogen-bond donors (Lipinski definition) is 0. The Hall–Kier alpha value is -3.98. The van der Waals surface area contributed by atoms with Crippen molar-refractivity contribution < 1.29 is 9.53 Å². The molecule has 0 saturated carbocycles. The van der Waals surface area contributed by atoms with Gasteiger partial charge >= 0.3 is 5.69 Å². The lowest BCUT2D eigenvalue weighted by molar-refractivity contribution is -0.132. The molecular formula is C27H29N5O4. The number of methoxy groups -OCH3 is 1. The predicted molar refractivity (Wildman–Crippen MR) is 136 cm³/mol. The summed E-state index contributed by atoms with van der Waals surface area (Å²) >= 11 is 0. The lowest BCUT2D eigenvalue weighted by Gasteiger charge is -2.26. The molecule has 186 valence electrons. The number of amides is 1. The molecule has 1 aliphatic carbocycles. The molecule has 2 heterocycles. The van der Waals surface area contributed by atoms with E-state index in [0.717, 1.165) is 28.5 Å². The van der Waals surface area contributed by atoms with E-state index in [1.165, 1.54) is 10.1 Å². The summed E-state index contributed by atoms with van der Waals surface area (Å²) in [7, 11) is 3.32. The number of imidazole rings is 1. The zero-order valence-electron chi connectivity index (χ0n) is 20.5. The maximum Gasteiger partial charge on any atom is 0.333 e. The molecule has 0 saturated heterocycles. The van der Waals surface area contributed by atoms with Crippen LogP contribution in [-0.4, -0.2) is 50.3 Å². The van der Waals surface area contributed by atoms with E-state index in [2.05, 4.69) is 11.1 Å². The number of ether oxygens (including phenoxy) is 1. The van der Waals surface area contributed by atoms with Crippen molar-refractivity contribution in [2.24, 2.45) is 0 Å². The van der Waals surface area contributed by atoms with Gasteiger partial charge in [0.15, 0.2) is 11.2 Å². The topological polar surface area (TPSA) is 91.4 Å². The molecule has 1 amide bonds. The van der Waals surface area contributed by atoms with Crippen molar-refractivity contribution in [3.63, 3.8) is 0 Å². The summed E-state index contributed by atoms with van der Waals surface area (Å²) in [5.74, 6) is -0.288. The van der Waals surface area contributed by atoms with Crippen LogP contribution < -0.4 is 11.2 Å². The standard InChI is InChI=1S/C27H29N5O4/c1-29(22-13-12-20-10-6-7-11-21(20)22)23(33)17-32-26(34)24-25(28-18-30(24)14-15-36-2)31(27(32)35)16-19-8-4-3-5-9-19/h3-11,18,22H,12-17H2,1-2H3. The Morgan fingerprint density at radius 1 is 1.08 bits per heavy atom. The third kappa shape index (κ3) is 4.26. The highest BCUT2D eigenvalue weighted by Crippen LogP contribution is 2.34. The highest BCUT2D eigenvalue weighted by molar-refractivity contribution is 5.77. The number of carbonyl (C=O) groups is 1. The normalized spacial score (nSPS) is 14.8. The fourth-order valence-corrected chi connectivity index (χ4v) is 5.00. The van der Waals surface area contributed by atoms with E-state index >= 15 is 0 Å². The van der Waals surface area contributed by atoms with Crippen molar-refractivity contribution in [3.8, 4) is 0 Å². The van der Waals surface area contributed by atoms with Gasteiger partial charge in [-0.1, -0.05) is 54.6 Å². The van der Waals surface area contributed by atoms with Gasteiger partial charge in [0, 0.05) is 20.7 Å². The van der Waals surface area contributed by atoms with Crippen LogP contribution in [0.15, 0.2) is 70.5 Å². The van der Waals surface area contributed by atoms with Crippen LogP contribution in [-0.2, 0) is 35.6 Å². The van der Waals surface area contributed by atoms with Gasteiger partial charge in [-0.15, -0.1) is 0 Å². The Bertz CT molecular complexity index is 1520. The average molecular weight is 488 g/mol. The maximum absolute atomic E-state index is 13.6. The molecule has 0 N–H and O–H groups in total. The predicted octanol–water partition coefficient (Wildman–Crippen LogP) is 2.20. The summed E-state index contributed by atoms with van der Waals surface area (Å²) in [6, 6.07) is 17.5. The van der Waals surface area contributed by atoms with E-state index < -0.39 is 11.2 Å². The lowest BCUT2D eigenvalue weighted by atomic mass is 10.1. The first kappa shape index (κ1) is 23.7. The number of nitrogens with zero attached hydrogens (tertiary/aromatic N) is 5. The molecule has 0 bridgehead atoms. The fourth-order valence-electron chi connectivity index (χ4n) is 5.00. The van der Waals surface area contributed by atoms with Gasteiger partial charge in [-0.3, -0.25) is 14.2 Å². The smallest absolute Gasteiger partial charge is 0.333 e. The molecular weight excluding hydrogens is 458 g/mol. The van der Waals surface area contributed by atoms with Crippen molar-refractivity contribution in [2.45, 2.75) is 38.5 Å². The number of likely N-dealkylation sites (N-methyl/N-ethyl adjacent to an activating group) is 1. The van der Waals surface area contributed by atoms with Gasteiger partial charge in [-0.05, 0) is 29.5 Å². The minimum absolute atomic E-state index is 0.0769. The van der Waals surface area contributed by atoms with Gasteiger partial charge < -0.3 is 14.2 Å². The number of benzene rings is 2. The molecule has 0 spiro atoms. The molecule has 36 heavy (non-hydrogen) atoms. The summed E-state index contributed by atoms with van der Waals surface area (Å²) in [4.78, 5) is 46.6.